The molecule has 168 valence electrons. The lowest BCUT2D eigenvalue weighted by Gasteiger charge is -2.13. The minimum Gasteiger partial charge on any atom is -0.457 e. The molecule has 0 saturated heterocycles. The van der Waals surface area contributed by atoms with E-state index in [0.29, 0.717) is 16.5 Å². The smallest absolute Gasteiger partial charge is 0.338 e. The first-order valence-corrected chi connectivity index (χ1v) is 10.7. The second-order valence-corrected chi connectivity index (χ2v) is 8.11. The maximum absolute atomic E-state index is 12.9. The first kappa shape index (κ1) is 21.3. The molecule has 4 aromatic rings. The Kier molecular flexibility index (Phi) is 5.30. The van der Waals surface area contributed by atoms with Crippen LogP contribution in [0.3, 0.4) is 0 Å². The van der Waals surface area contributed by atoms with Gasteiger partial charge in [0.15, 0.2) is 0 Å². The van der Waals surface area contributed by atoms with Gasteiger partial charge in [0.1, 0.15) is 12.2 Å². The Morgan fingerprint density at radius 2 is 1.65 bits per heavy atom. The normalized spacial score (nSPS) is 12.8. The summed E-state index contributed by atoms with van der Waals surface area (Å²) in [6, 6.07) is 20.2. The molecular weight excluding hydrogens is 434 g/mol. The monoisotopic (exact) mass is 453 g/mol. The van der Waals surface area contributed by atoms with E-state index in [1.165, 1.54) is 24.3 Å². The molecule has 0 aliphatic carbocycles. The van der Waals surface area contributed by atoms with Crippen LogP contribution in [0.1, 0.15) is 47.8 Å². The number of aryl methyl sites for hydroxylation is 1. The summed E-state index contributed by atoms with van der Waals surface area (Å²) < 4.78 is 10.7. The molecule has 0 unspecified atom stereocenters. The van der Waals surface area contributed by atoms with Crippen LogP contribution in [0.2, 0.25) is 0 Å². The summed E-state index contributed by atoms with van der Waals surface area (Å²) in [7, 11) is 0. The second kappa shape index (κ2) is 8.44. The summed E-state index contributed by atoms with van der Waals surface area (Å²) in [6.07, 6.45) is 0. The third kappa shape index (κ3) is 3.88. The van der Waals surface area contributed by atoms with Crippen LogP contribution in [0.4, 0.5) is 0 Å². The standard InChI is InChI=1S/C27H19NO6/c1-16-7-9-20-19(13-24(29)34-23(20)11-16)15-33-27(32)18-8-10-21-22(12-18)26(31)28(25(21)30)14-17-5-3-2-4-6-17/h2-13H,14-15H2,1H3. The summed E-state index contributed by atoms with van der Waals surface area (Å²) in [6.45, 7) is 1.89. The zero-order valence-electron chi connectivity index (χ0n) is 18.2. The Morgan fingerprint density at radius 1 is 0.882 bits per heavy atom. The average Bonchev–Trinajstić information content (AvgIpc) is 3.07. The molecule has 7 nitrogen and oxygen atoms in total. The predicted octanol–water partition coefficient (Wildman–Crippen LogP) is 4.25. The van der Waals surface area contributed by atoms with Crippen molar-refractivity contribution in [3.8, 4) is 0 Å². The molecule has 5 rings (SSSR count). The molecule has 1 aliphatic rings. The topological polar surface area (TPSA) is 93.9 Å². The van der Waals surface area contributed by atoms with Crippen molar-refractivity contribution in [1.29, 1.82) is 0 Å². The van der Waals surface area contributed by atoms with E-state index in [1.807, 2.05) is 43.3 Å². The van der Waals surface area contributed by atoms with Crippen molar-refractivity contribution in [2.24, 2.45) is 0 Å². The van der Waals surface area contributed by atoms with Crippen molar-refractivity contribution >= 4 is 28.8 Å². The second-order valence-electron chi connectivity index (χ2n) is 8.11. The molecule has 1 aromatic heterocycles. The highest BCUT2D eigenvalue weighted by Crippen LogP contribution is 2.26. The average molecular weight is 453 g/mol. The maximum atomic E-state index is 12.9. The molecule has 0 atom stereocenters. The molecule has 34 heavy (non-hydrogen) atoms. The summed E-state index contributed by atoms with van der Waals surface area (Å²) in [5, 5.41) is 0.671. The SMILES string of the molecule is Cc1ccc2c(COC(=O)c3ccc4c(c3)C(=O)N(Cc3ccccc3)C4=O)cc(=O)oc2c1. The molecule has 0 saturated carbocycles. The van der Waals surface area contributed by atoms with Gasteiger partial charge in [0.25, 0.3) is 11.8 Å². The molecule has 0 spiro atoms. The Balaban J connectivity index is 1.35. The minimum absolute atomic E-state index is 0.143. The van der Waals surface area contributed by atoms with Crippen molar-refractivity contribution in [2.75, 3.05) is 0 Å². The molecule has 0 fully saturated rings. The largest absolute Gasteiger partial charge is 0.457 e. The highest BCUT2D eigenvalue weighted by Gasteiger charge is 2.36. The molecule has 0 radical (unpaired) electrons. The van der Waals surface area contributed by atoms with E-state index in [-0.39, 0.29) is 29.8 Å². The number of benzene rings is 3. The quantitative estimate of drug-likeness (QED) is 0.255. The number of rotatable bonds is 5. The number of amides is 2. The van der Waals surface area contributed by atoms with Crippen molar-refractivity contribution in [3.05, 3.63) is 117 Å². The van der Waals surface area contributed by atoms with E-state index in [4.69, 9.17) is 9.15 Å². The number of esters is 1. The molecule has 2 heterocycles. The van der Waals surface area contributed by atoms with Crippen LogP contribution in [0, 0.1) is 6.92 Å². The predicted molar refractivity (Wildman–Crippen MR) is 123 cm³/mol. The number of ether oxygens (including phenoxy) is 1. The van der Waals surface area contributed by atoms with Gasteiger partial charge in [0, 0.05) is 17.0 Å². The molecule has 7 heteroatoms. The highest BCUT2D eigenvalue weighted by atomic mass is 16.5. The van der Waals surface area contributed by atoms with Crippen molar-refractivity contribution in [1.82, 2.24) is 4.90 Å². The first-order chi connectivity index (χ1) is 16.4. The molecule has 0 bridgehead atoms. The number of nitrogens with zero attached hydrogens (tertiary/aromatic N) is 1. The van der Waals surface area contributed by atoms with Gasteiger partial charge in [-0.05, 0) is 42.3 Å². The fraction of sp³-hybridized carbons (Fsp3) is 0.111. The summed E-state index contributed by atoms with van der Waals surface area (Å²) in [4.78, 5) is 51.4. The third-order valence-electron chi connectivity index (χ3n) is 5.73. The van der Waals surface area contributed by atoms with Gasteiger partial charge < -0.3 is 9.15 Å². The number of fused-ring (bicyclic) bond motifs is 2. The van der Waals surface area contributed by atoms with E-state index in [9.17, 15) is 19.2 Å². The summed E-state index contributed by atoms with van der Waals surface area (Å²) in [5.41, 5.74) is 2.71. The lowest BCUT2D eigenvalue weighted by molar-refractivity contribution is 0.0473. The Hall–Kier alpha value is -4.52. The van der Waals surface area contributed by atoms with Crippen molar-refractivity contribution < 1.29 is 23.5 Å². The maximum Gasteiger partial charge on any atom is 0.338 e. The summed E-state index contributed by atoms with van der Waals surface area (Å²) >= 11 is 0. The van der Waals surface area contributed by atoms with E-state index in [2.05, 4.69) is 0 Å². The van der Waals surface area contributed by atoms with E-state index < -0.39 is 23.4 Å². The van der Waals surface area contributed by atoms with Gasteiger partial charge >= 0.3 is 11.6 Å². The Bertz CT molecular complexity index is 1520. The van der Waals surface area contributed by atoms with E-state index in [1.54, 1.807) is 12.1 Å². The van der Waals surface area contributed by atoms with Crippen LogP contribution in [0.25, 0.3) is 11.0 Å². The minimum atomic E-state index is -0.668. The Labute approximate surface area is 194 Å². The number of carbonyl (C=O) groups excluding carboxylic acids is 3. The Morgan fingerprint density at radius 3 is 2.44 bits per heavy atom. The van der Waals surface area contributed by atoms with E-state index >= 15 is 0 Å². The molecule has 3 aromatic carbocycles. The van der Waals surface area contributed by atoms with Crippen LogP contribution in [-0.4, -0.2) is 22.7 Å². The molecule has 1 aliphatic heterocycles. The molecule has 2 amide bonds. The summed E-state index contributed by atoms with van der Waals surface area (Å²) in [5.74, 6) is -1.53. The van der Waals surface area contributed by atoms with Crippen LogP contribution in [0.15, 0.2) is 82.0 Å². The number of imide groups is 1. The van der Waals surface area contributed by atoms with Crippen molar-refractivity contribution in [3.63, 3.8) is 0 Å². The van der Waals surface area contributed by atoms with Gasteiger partial charge in [0.05, 0.1) is 23.2 Å². The van der Waals surface area contributed by atoms with Crippen LogP contribution >= 0.6 is 0 Å². The molecular formula is C27H19NO6. The fourth-order valence-electron chi connectivity index (χ4n) is 4.01. The number of hydrogen-bond acceptors (Lipinski definition) is 6. The first-order valence-electron chi connectivity index (χ1n) is 10.7. The zero-order valence-corrected chi connectivity index (χ0v) is 18.2. The number of carbonyl (C=O) groups is 3. The number of hydrogen-bond donors (Lipinski definition) is 0. The van der Waals surface area contributed by atoms with Crippen LogP contribution in [-0.2, 0) is 17.9 Å². The third-order valence-corrected chi connectivity index (χ3v) is 5.73. The van der Waals surface area contributed by atoms with Gasteiger partial charge in [0.2, 0.25) is 0 Å². The highest BCUT2D eigenvalue weighted by molar-refractivity contribution is 6.21. The van der Waals surface area contributed by atoms with Crippen LogP contribution < -0.4 is 5.63 Å². The van der Waals surface area contributed by atoms with Crippen LogP contribution in [0.5, 0.6) is 0 Å². The fourth-order valence-corrected chi connectivity index (χ4v) is 4.01. The van der Waals surface area contributed by atoms with Gasteiger partial charge in [-0.25, -0.2) is 9.59 Å². The van der Waals surface area contributed by atoms with Gasteiger partial charge in [-0.3, -0.25) is 14.5 Å². The van der Waals surface area contributed by atoms with E-state index in [0.717, 1.165) is 16.0 Å². The van der Waals surface area contributed by atoms with Gasteiger partial charge in [-0.2, -0.15) is 0 Å². The lowest BCUT2D eigenvalue weighted by Crippen LogP contribution is -2.29. The van der Waals surface area contributed by atoms with Gasteiger partial charge in [-0.15, -0.1) is 0 Å². The van der Waals surface area contributed by atoms with Crippen molar-refractivity contribution in [2.45, 2.75) is 20.1 Å². The zero-order chi connectivity index (χ0) is 23.8. The molecule has 0 N–H and O–H groups in total. The lowest BCUT2D eigenvalue weighted by atomic mass is 10.1. The van der Waals surface area contributed by atoms with Gasteiger partial charge in [-0.1, -0.05) is 42.5 Å².